The first kappa shape index (κ1) is 12.2. The van der Waals surface area contributed by atoms with E-state index in [0.717, 1.165) is 12.8 Å². The van der Waals surface area contributed by atoms with Gasteiger partial charge in [-0.1, -0.05) is 22.9 Å². The molecule has 0 spiro atoms. The van der Waals surface area contributed by atoms with Crippen LogP contribution < -0.4 is 5.32 Å². The fraction of sp³-hybridized carbons (Fsp3) is 0.600. The Morgan fingerprint density at radius 2 is 2.47 bits per heavy atom. The third kappa shape index (κ3) is 4.46. The molecule has 0 radical (unpaired) electrons. The number of carbonyl (C=O) groups excluding carboxylic acids is 1. The van der Waals surface area contributed by atoms with Gasteiger partial charge < -0.3 is 5.32 Å². The number of halogens is 1. The predicted octanol–water partition coefficient (Wildman–Crippen LogP) is 1.71. The van der Waals surface area contributed by atoms with Crippen molar-refractivity contribution in [2.45, 2.75) is 24.6 Å². The number of alkyl halides is 1. The maximum Gasteiger partial charge on any atom is 0.254 e. The number of hydrogen-bond donors (Lipinski definition) is 1. The van der Waals surface area contributed by atoms with Gasteiger partial charge in [-0.3, -0.25) is 9.48 Å². The molecular weight excluding hydrogens is 258 g/mol. The zero-order valence-electron chi connectivity index (χ0n) is 9.03. The average molecular weight is 274 g/mol. The zero-order chi connectivity index (χ0) is 11.3. The van der Waals surface area contributed by atoms with Gasteiger partial charge >= 0.3 is 0 Å². The molecule has 4 nitrogen and oxygen atoms in total. The smallest absolute Gasteiger partial charge is 0.254 e. The first-order valence-electron chi connectivity index (χ1n) is 5.00. The number of rotatable bonds is 5. The minimum Gasteiger partial charge on any atom is -0.352 e. The maximum atomic E-state index is 11.5. The highest BCUT2D eigenvalue weighted by Gasteiger charge is 2.06. The molecule has 84 valence electrons. The van der Waals surface area contributed by atoms with Gasteiger partial charge in [0, 0.05) is 24.6 Å². The van der Waals surface area contributed by atoms with E-state index in [-0.39, 0.29) is 5.91 Å². The molecule has 1 rings (SSSR count). The van der Waals surface area contributed by atoms with Crippen molar-refractivity contribution in [2.24, 2.45) is 7.05 Å². The van der Waals surface area contributed by atoms with Crippen molar-refractivity contribution in [2.75, 3.05) is 6.54 Å². The van der Waals surface area contributed by atoms with Crippen molar-refractivity contribution < 1.29 is 4.79 Å². The van der Waals surface area contributed by atoms with Crippen molar-refractivity contribution in [3.8, 4) is 0 Å². The van der Waals surface area contributed by atoms with Crippen LogP contribution in [0.5, 0.6) is 0 Å². The number of aryl methyl sites for hydroxylation is 1. The number of nitrogens with zero attached hydrogens (tertiary/aromatic N) is 2. The molecule has 5 heteroatoms. The van der Waals surface area contributed by atoms with E-state index in [0.29, 0.717) is 16.9 Å². The van der Waals surface area contributed by atoms with Gasteiger partial charge in [-0.05, 0) is 12.8 Å². The van der Waals surface area contributed by atoms with Crippen LogP contribution in [0, 0.1) is 0 Å². The first-order chi connectivity index (χ1) is 7.09. The van der Waals surface area contributed by atoms with Gasteiger partial charge in [-0.15, -0.1) is 0 Å². The highest BCUT2D eigenvalue weighted by molar-refractivity contribution is 9.09. The molecule has 1 amide bonds. The van der Waals surface area contributed by atoms with E-state index < -0.39 is 0 Å². The third-order valence-corrected chi connectivity index (χ3v) is 2.49. The zero-order valence-corrected chi connectivity index (χ0v) is 10.6. The number of carbonyl (C=O) groups is 1. The van der Waals surface area contributed by atoms with Gasteiger partial charge in [0.15, 0.2) is 0 Å². The summed E-state index contributed by atoms with van der Waals surface area (Å²) in [7, 11) is 1.79. The van der Waals surface area contributed by atoms with E-state index in [1.165, 1.54) is 0 Å². The average Bonchev–Trinajstić information content (AvgIpc) is 2.59. The highest BCUT2D eigenvalue weighted by atomic mass is 79.9. The van der Waals surface area contributed by atoms with Crippen LogP contribution in [0.15, 0.2) is 12.4 Å². The molecule has 1 atom stereocenters. The molecule has 1 aromatic heterocycles. The second-order valence-electron chi connectivity index (χ2n) is 3.58. The molecule has 0 bridgehead atoms. The van der Waals surface area contributed by atoms with Crippen molar-refractivity contribution in [1.82, 2.24) is 15.1 Å². The van der Waals surface area contributed by atoms with E-state index >= 15 is 0 Å². The monoisotopic (exact) mass is 273 g/mol. The van der Waals surface area contributed by atoms with E-state index in [1.807, 2.05) is 0 Å². The van der Waals surface area contributed by atoms with Crippen LogP contribution in [0.4, 0.5) is 0 Å². The molecule has 1 unspecified atom stereocenters. The van der Waals surface area contributed by atoms with Gasteiger partial charge in [0.1, 0.15) is 0 Å². The molecule has 0 aliphatic heterocycles. The van der Waals surface area contributed by atoms with Gasteiger partial charge in [-0.2, -0.15) is 5.10 Å². The first-order valence-corrected chi connectivity index (χ1v) is 5.92. The third-order valence-electron chi connectivity index (χ3n) is 2.03. The van der Waals surface area contributed by atoms with Gasteiger partial charge in [0.2, 0.25) is 0 Å². The lowest BCUT2D eigenvalue weighted by Crippen LogP contribution is -2.24. The summed E-state index contributed by atoms with van der Waals surface area (Å²) in [6, 6.07) is 0. The maximum absolute atomic E-state index is 11.5. The normalized spacial score (nSPS) is 12.5. The van der Waals surface area contributed by atoms with E-state index in [9.17, 15) is 4.79 Å². The van der Waals surface area contributed by atoms with Gasteiger partial charge in [-0.25, -0.2) is 0 Å². The summed E-state index contributed by atoms with van der Waals surface area (Å²) in [5.41, 5.74) is 0.615. The number of amides is 1. The summed E-state index contributed by atoms with van der Waals surface area (Å²) in [5.74, 6) is -0.0506. The molecule has 15 heavy (non-hydrogen) atoms. The number of aromatic nitrogens is 2. The summed E-state index contributed by atoms with van der Waals surface area (Å²) in [5, 5.41) is 6.80. The predicted molar refractivity (Wildman–Crippen MR) is 63.2 cm³/mol. The largest absolute Gasteiger partial charge is 0.352 e. The fourth-order valence-corrected chi connectivity index (χ4v) is 1.55. The fourth-order valence-electron chi connectivity index (χ4n) is 1.23. The molecular formula is C10H16BrN3O. The van der Waals surface area contributed by atoms with Crippen LogP contribution in [0.3, 0.4) is 0 Å². The Hall–Kier alpha value is -0.840. The molecule has 0 saturated carbocycles. The van der Waals surface area contributed by atoms with E-state index in [1.54, 1.807) is 24.1 Å². The standard InChI is InChI=1S/C10H16BrN3O/c1-8(11)4-3-5-12-10(15)9-6-13-14(2)7-9/h6-8H,3-5H2,1-2H3,(H,12,15). The molecule has 0 fully saturated rings. The Morgan fingerprint density at radius 1 is 1.73 bits per heavy atom. The molecule has 0 aliphatic carbocycles. The van der Waals surface area contributed by atoms with E-state index in [2.05, 4.69) is 33.3 Å². The topological polar surface area (TPSA) is 46.9 Å². The second-order valence-corrected chi connectivity index (χ2v) is 5.14. The minimum atomic E-state index is -0.0506. The summed E-state index contributed by atoms with van der Waals surface area (Å²) < 4.78 is 1.62. The highest BCUT2D eigenvalue weighted by Crippen LogP contribution is 2.05. The molecule has 1 N–H and O–H groups in total. The van der Waals surface area contributed by atoms with Crippen molar-refractivity contribution in [3.63, 3.8) is 0 Å². The van der Waals surface area contributed by atoms with Crippen LogP contribution in [0.1, 0.15) is 30.1 Å². The summed E-state index contributed by atoms with van der Waals surface area (Å²) in [4.78, 5) is 12.0. The number of hydrogen-bond acceptors (Lipinski definition) is 2. The summed E-state index contributed by atoms with van der Waals surface area (Å²) >= 11 is 3.46. The van der Waals surface area contributed by atoms with Gasteiger partial charge in [0.25, 0.3) is 5.91 Å². The van der Waals surface area contributed by atoms with Crippen LogP contribution in [0.2, 0.25) is 0 Å². The molecule has 1 heterocycles. The van der Waals surface area contributed by atoms with Crippen LogP contribution in [-0.2, 0) is 7.05 Å². The van der Waals surface area contributed by atoms with Crippen LogP contribution in [0.25, 0.3) is 0 Å². The summed E-state index contributed by atoms with van der Waals surface area (Å²) in [6.07, 6.45) is 5.33. The molecule has 0 aliphatic rings. The SMILES string of the molecule is CC(Br)CCCNC(=O)c1cnn(C)c1. The Balaban J connectivity index is 2.25. The van der Waals surface area contributed by atoms with E-state index in [4.69, 9.17) is 0 Å². The second kappa shape index (κ2) is 5.90. The Labute approximate surface area is 98.2 Å². The lowest BCUT2D eigenvalue weighted by molar-refractivity contribution is 0.0953. The summed E-state index contributed by atoms with van der Waals surface area (Å²) in [6.45, 7) is 2.81. The lowest BCUT2D eigenvalue weighted by Gasteiger charge is -2.04. The van der Waals surface area contributed by atoms with Crippen LogP contribution in [-0.4, -0.2) is 27.1 Å². The molecule has 1 aromatic rings. The minimum absolute atomic E-state index is 0.0506. The Kier molecular flexibility index (Phi) is 4.81. The van der Waals surface area contributed by atoms with Crippen molar-refractivity contribution in [3.05, 3.63) is 18.0 Å². The van der Waals surface area contributed by atoms with Crippen molar-refractivity contribution >= 4 is 21.8 Å². The molecule has 0 saturated heterocycles. The van der Waals surface area contributed by atoms with Gasteiger partial charge in [0.05, 0.1) is 11.8 Å². The Morgan fingerprint density at radius 3 is 3.00 bits per heavy atom. The number of nitrogens with one attached hydrogen (secondary N) is 1. The Bertz CT molecular complexity index is 322. The quantitative estimate of drug-likeness (QED) is 0.656. The van der Waals surface area contributed by atoms with Crippen LogP contribution >= 0.6 is 15.9 Å². The molecule has 0 aromatic carbocycles. The van der Waals surface area contributed by atoms with Crippen molar-refractivity contribution in [1.29, 1.82) is 0 Å². The lowest BCUT2D eigenvalue weighted by atomic mass is 10.2.